The Kier molecular flexibility index (Phi) is 7.99. The van der Waals surface area contributed by atoms with Crippen LogP contribution < -0.4 is 9.16 Å². The second kappa shape index (κ2) is 9.27. The van der Waals surface area contributed by atoms with Crippen molar-refractivity contribution in [2.45, 2.75) is 71.5 Å². The van der Waals surface area contributed by atoms with Crippen LogP contribution in [0, 0.1) is 0 Å². The summed E-state index contributed by atoms with van der Waals surface area (Å²) in [6.45, 7) is 13.6. The molecule has 0 atom stereocenters. The van der Waals surface area contributed by atoms with Gasteiger partial charge in [0, 0.05) is 0 Å². The van der Waals surface area contributed by atoms with Crippen molar-refractivity contribution in [1.82, 2.24) is 0 Å². The van der Waals surface area contributed by atoms with E-state index in [1.165, 1.54) is 12.8 Å². The zero-order chi connectivity index (χ0) is 19.1. The van der Waals surface area contributed by atoms with Crippen molar-refractivity contribution in [3.8, 4) is 11.5 Å². The monoisotopic (exact) mass is 366 g/mol. The molecule has 0 N–H and O–H groups in total. The third kappa shape index (κ3) is 6.38. The first kappa shape index (κ1) is 21.5. The third-order valence-electron chi connectivity index (χ3n) is 4.80. The van der Waals surface area contributed by atoms with Crippen molar-refractivity contribution in [2.75, 3.05) is 13.7 Å². The molecule has 0 aromatic heterocycles. The van der Waals surface area contributed by atoms with Crippen LogP contribution in [-0.2, 0) is 4.74 Å². The number of carbonyl (C=O) groups excluding carboxylic acids is 1. The lowest BCUT2D eigenvalue weighted by Crippen LogP contribution is -2.43. The van der Waals surface area contributed by atoms with Crippen LogP contribution in [0.2, 0.25) is 18.1 Å². The molecular formula is C20H34O4Si. The van der Waals surface area contributed by atoms with E-state index in [0.29, 0.717) is 23.7 Å². The van der Waals surface area contributed by atoms with Crippen LogP contribution in [0.3, 0.4) is 0 Å². The van der Waals surface area contributed by atoms with Crippen molar-refractivity contribution in [2.24, 2.45) is 0 Å². The number of carbonyl (C=O) groups is 1. The predicted molar refractivity (Wildman–Crippen MR) is 105 cm³/mol. The van der Waals surface area contributed by atoms with Crippen LogP contribution in [0.4, 0.5) is 0 Å². The second-order valence-electron chi connectivity index (χ2n) is 7.92. The maximum absolute atomic E-state index is 12.2. The Labute approximate surface area is 154 Å². The summed E-state index contributed by atoms with van der Waals surface area (Å²) in [5.41, 5.74) is 0.495. The van der Waals surface area contributed by atoms with Gasteiger partial charge in [0.2, 0.25) is 0 Å². The van der Waals surface area contributed by atoms with E-state index in [-0.39, 0.29) is 11.0 Å². The molecule has 0 aliphatic rings. The van der Waals surface area contributed by atoms with Crippen molar-refractivity contribution >= 4 is 14.3 Å². The molecule has 0 heterocycles. The molecule has 0 saturated carbocycles. The van der Waals surface area contributed by atoms with E-state index in [0.717, 1.165) is 12.8 Å². The highest BCUT2D eigenvalue weighted by Gasteiger charge is 2.39. The van der Waals surface area contributed by atoms with Crippen LogP contribution in [-0.4, -0.2) is 28.0 Å². The molecule has 0 bridgehead atoms. The molecule has 142 valence electrons. The molecule has 0 aliphatic heterocycles. The SMILES string of the molecule is CCCCCCOC(=O)c1ccc(O[Si](C)(C)C(C)(C)C)c(OC)c1. The Morgan fingerprint density at radius 1 is 1.08 bits per heavy atom. The molecule has 1 rings (SSSR count). The van der Waals surface area contributed by atoms with Gasteiger partial charge in [-0.15, -0.1) is 0 Å². The van der Waals surface area contributed by atoms with E-state index in [9.17, 15) is 4.79 Å². The molecule has 0 radical (unpaired) electrons. The summed E-state index contributed by atoms with van der Waals surface area (Å²) in [5, 5.41) is 0.0914. The van der Waals surface area contributed by atoms with E-state index in [1.54, 1.807) is 19.2 Å². The lowest BCUT2D eigenvalue weighted by Gasteiger charge is -2.36. The quantitative estimate of drug-likeness (QED) is 0.314. The largest absolute Gasteiger partial charge is 0.541 e. The Hall–Kier alpha value is -1.49. The van der Waals surface area contributed by atoms with E-state index in [4.69, 9.17) is 13.9 Å². The lowest BCUT2D eigenvalue weighted by molar-refractivity contribution is 0.0497. The predicted octanol–water partition coefficient (Wildman–Crippen LogP) is 5.82. The maximum Gasteiger partial charge on any atom is 0.338 e. The summed E-state index contributed by atoms with van der Waals surface area (Å²) in [4.78, 5) is 12.2. The summed E-state index contributed by atoms with van der Waals surface area (Å²) < 4.78 is 17.1. The van der Waals surface area contributed by atoms with Gasteiger partial charge in [-0.05, 0) is 42.8 Å². The molecule has 1 aromatic rings. The highest BCUT2D eigenvalue weighted by molar-refractivity contribution is 6.74. The Bertz CT molecular complexity index is 561. The van der Waals surface area contributed by atoms with Crippen molar-refractivity contribution in [1.29, 1.82) is 0 Å². The van der Waals surface area contributed by atoms with Gasteiger partial charge in [0.15, 0.2) is 5.75 Å². The number of methoxy groups -OCH3 is 1. The van der Waals surface area contributed by atoms with E-state index in [1.807, 2.05) is 6.07 Å². The molecule has 5 heteroatoms. The normalized spacial score (nSPS) is 12.0. The number of rotatable bonds is 9. The first-order chi connectivity index (χ1) is 11.6. The minimum atomic E-state index is -1.97. The summed E-state index contributed by atoms with van der Waals surface area (Å²) in [6.07, 6.45) is 4.33. The fraction of sp³-hybridized carbons (Fsp3) is 0.650. The summed E-state index contributed by atoms with van der Waals surface area (Å²) in [5.74, 6) is 0.951. The van der Waals surface area contributed by atoms with Gasteiger partial charge >= 0.3 is 5.97 Å². The summed E-state index contributed by atoms with van der Waals surface area (Å²) in [7, 11) is -0.377. The Morgan fingerprint density at radius 2 is 1.76 bits per heavy atom. The van der Waals surface area contributed by atoms with Crippen molar-refractivity contribution in [3.63, 3.8) is 0 Å². The van der Waals surface area contributed by atoms with Gasteiger partial charge < -0.3 is 13.9 Å². The van der Waals surface area contributed by atoms with E-state index < -0.39 is 8.32 Å². The smallest absolute Gasteiger partial charge is 0.338 e. The number of benzene rings is 1. The van der Waals surface area contributed by atoms with Gasteiger partial charge in [-0.3, -0.25) is 0 Å². The molecule has 0 amide bonds. The van der Waals surface area contributed by atoms with Gasteiger partial charge in [-0.1, -0.05) is 47.0 Å². The van der Waals surface area contributed by atoms with Crippen LogP contribution >= 0.6 is 0 Å². The van der Waals surface area contributed by atoms with Crippen molar-refractivity contribution in [3.05, 3.63) is 23.8 Å². The molecule has 4 nitrogen and oxygen atoms in total. The average molecular weight is 367 g/mol. The molecule has 0 saturated heterocycles. The van der Waals surface area contributed by atoms with Crippen LogP contribution in [0.25, 0.3) is 0 Å². The highest BCUT2D eigenvalue weighted by atomic mass is 28.4. The summed E-state index contributed by atoms with van der Waals surface area (Å²) >= 11 is 0. The van der Waals surface area contributed by atoms with E-state index in [2.05, 4.69) is 40.8 Å². The lowest BCUT2D eigenvalue weighted by atomic mass is 10.2. The van der Waals surface area contributed by atoms with E-state index >= 15 is 0 Å². The molecule has 1 aromatic carbocycles. The number of unbranched alkanes of at least 4 members (excludes halogenated alkanes) is 3. The third-order valence-corrected chi connectivity index (χ3v) is 9.14. The molecular weight excluding hydrogens is 332 g/mol. The summed E-state index contributed by atoms with van der Waals surface area (Å²) in [6, 6.07) is 5.27. The van der Waals surface area contributed by atoms with Crippen LogP contribution in [0.15, 0.2) is 18.2 Å². The molecule has 0 aliphatic carbocycles. The number of hydrogen-bond acceptors (Lipinski definition) is 4. The Morgan fingerprint density at radius 3 is 2.32 bits per heavy atom. The zero-order valence-electron chi connectivity index (χ0n) is 16.9. The van der Waals surface area contributed by atoms with Gasteiger partial charge in [-0.2, -0.15) is 0 Å². The Balaban J connectivity index is 2.79. The van der Waals surface area contributed by atoms with Crippen LogP contribution in [0.5, 0.6) is 11.5 Å². The van der Waals surface area contributed by atoms with Gasteiger partial charge in [0.1, 0.15) is 5.75 Å². The first-order valence-corrected chi connectivity index (χ1v) is 12.1. The molecule has 25 heavy (non-hydrogen) atoms. The van der Waals surface area contributed by atoms with Gasteiger partial charge in [0.25, 0.3) is 8.32 Å². The standard InChI is InChI=1S/C20H34O4Si/c1-8-9-10-11-14-23-19(21)16-12-13-17(18(15-16)22-5)24-25(6,7)20(2,3)4/h12-13,15H,8-11,14H2,1-7H3. The molecule has 0 fully saturated rings. The van der Waals surface area contributed by atoms with Crippen molar-refractivity contribution < 1.29 is 18.7 Å². The minimum absolute atomic E-state index is 0.0914. The zero-order valence-corrected chi connectivity index (χ0v) is 17.9. The fourth-order valence-electron chi connectivity index (χ4n) is 2.08. The second-order valence-corrected chi connectivity index (χ2v) is 12.6. The highest BCUT2D eigenvalue weighted by Crippen LogP contribution is 2.40. The van der Waals surface area contributed by atoms with Gasteiger partial charge in [0.05, 0.1) is 19.3 Å². The minimum Gasteiger partial charge on any atom is -0.541 e. The van der Waals surface area contributed by atoms with Crippen LogP contribution in [0.1, 0.15) is 63.7 Å². The van der Waals surface area contributed by atoms with Gasteiger partial charge in [-0.25, -0.2) is 4.79 Å². The topological polar surface area (TPSA) is 44.8 Å². The average Bonchev–Trinajstić information content (AvgIpc) is 2.53. The maximum atomic E-state index is 12.2. The number of hydrogen-bond donors (Lipinski definition) is 0. The first-order valence-electron chi connectivity index (χ1n) is 9.16. The molecule has 0 spiro atoms. The number of esters is 1. The fourth-order valence-corrected chi connectivity index (χ4v) is 3.11. The number of ether oxygens (including phenoxy) is 2. The molecule has 0 unspecified atom stereocenters.